The predicted octanol–water partition coefficient (Wildman–Crippen LogP) is 6.33. The lowest BCUT2D eigenvalue weighted by Crippen LogP contribution is -2.45. The minimum atomic E-state index is -3.47. The fourth-order valence-electron chi connectivity index (χ4n) is 7.82. The maximum atomic E-state index is 16.2. The molecule has 0 saturated carbocycles. The fourth-order valence-corrected chi connectivity index (χ4v) is 10.5. The van der Waals surface area contributed by atoms with Crippen molar-refractivity contribution >= 4 is 55.3 Å². The molecule has 8 nitrogen and oxygen atoms in total. The van der Waals surface area contributed by atoms with Crippen LogP contribution in [-0.2, 0) is 31.3 Å². The van der Waals surface area contributed by atoms with E-state index in [1.165, 1.54) is 0 Å². The van der Waals surface area contributed by atoms with E-state index in [4.69, 9.17) is 16.3 Å². The van der Waals surface area contributed by atoms with Gasteiger partial charge in [0, 0.05) is 40.0 Å². The van der Waals surface area contributed by atoms with Crippen LogP contribution in [0.15, 0.2) is 72.8 Å². The monoisotopic (exact) mass is 663 g/mol. The minimum absolute atomic E-state index is 0.0626. The van der Waals surface area contributed by atoms with Gasteiger partial charge < -0.3 is 23.8 Å². The van der Waals surface area contributed by atoms with Crippen LogP contribution in [0.3, 0.4) is 0 Å². The van der Waals surface area contributed by atoms with Gasteiger partial charge in [-0.25, -0.2) is 0 Å². The van der Waals surface area contributed by atoms with Gasteiger partial charge in [-0.15, -0.1) is 0 Å². The number of halogens is 2. The van der Waals surface area contributed by atoms with Gasteiger partial charge in [-0.1, -0.05) is 48.9 Å². The Hall–Kier alpha value is -3.57. The number of carbonyl (C=O) groups excluding carboxylic acids is 3. The summed E-state index contributed by atoms with van der Waals surface area (Å²) in [6, 6.07) is 21.7. The van der Waals surface area contributed by atoms with Crippen molar-refractivity contribution in [3.05, 3.63) is 88.9 Å². The van der Waals surface area contributed by atoms with Gasteiger partial charge in [-0.3, -0.25) is 19.3 Å². The molecule has 2 fully saturated rings. The van der Waals surface area contributed by atoms with Gasteiger partial charge in [0.25, 0.3) is 5.91 Å². The molecule has 1 spiro atoms. The Kier molecular flexibility index (Phi) is 8.84. The van der Waals surface area contributed by atoms with Gasteiger partial charge in [-0.05, 0) is 74.0 Å². The lowest BCUT2D eigenvalue weighted by molar-refractivity contribution is -0.150. The van der Waals surface area contributed by atoms with E-state index < -0.39 is 31.6 Å². The van der Waals surface area contributed by atoms with Crippen LogP contribution < -0.4 is 9.80 Å². The summed E-state index contributed by atoms with van der Waals surface area (Å²) >= 11 is 6.50. The number of fused-ring (bicyclic) bond motifs is 2. The molecule has 3 heterocycles. The average molecular weight is 664 g/mol. The number of benzene rings is 3. The molecule has 3 aliphatic heterocycles. The highest BCUT2D eigenvalue weighted by Gasteiger charge is 2.67. The second-order valence-electron chi connectivity index (χ2n) is 13.1. The number of carbonyl (C=O) groups is 3. The lowest BCUT2D eigenvalue weighted by atomic mass is 9.82. The van der Waals surface area contributed by atoms with Gasteiger partial charge >= 0.3 is 0 Å². The molecule has 0 bridgehead atoms. The summed E-state index contributed by atoms with van der Waals surface area (Å²) in [4.78, 5) is 45.0. The van der Waals surface area contributed by atoms with Gasteiger partial charge in [0.1, 0.15) is 0 Å². The predicted molar refractivity (Wildman–Crippen MR) is 178 cm³/mol. The zero-order valence-electron chi connectivity index (χ0n) is 26.2. The maximum Gasteiger partial charge on any atom is 0.264 e. The fraction of sp³-hybridized carbons (Fsp3) is 0.400. The number of aliphatic hydroxyl groups excluding tert-OH is 1. The van der Waals surface area contributed by atoms with Gasteiger partial charge in [0.05, 0.1) is 37.4 Å². The van der Waals surface area contributed by atoms with Crippen molar-refractivity contribution in [2.24, 2.45) is 5.92 Å². The van der Waals surface area contributed by atoms with Crippen molar-refractivity contribution in [1.29, 1.82) is 0 Å². The smallest absolute Gasteiger partial charge is 0.264 e. The molecule has 11 heteroatoms. The molecule has 3 aromatic carbocycles. The van der Waals surface area contributed by atoms with Crippen LogP contribution in [0, 0.1) is 5.92 Å². The average Bonchev–Trinajstić information content (AvgIpc) is 3.69. The third-order valence-electron chi connectivity index (χ3n) is 9.90. The van der Waals surface area contributed by atoms with Crippen LogP contribution in [0.25, 0.3) is 0 Å². The van der Waals surface area contributed by atoms with E-state index >= 15 is 4.11 Å². The first kappa shape index (κ1) is 32.4. The van der Waals surface area contributed by atoms with Gasteiger partial charge in [-0.2, -0.15) is 0 Å². The molecule has 2 saturated heterocycles. The second-order valence-corrected chi connectivity index (χ2v) is 17.3. The Morgan fingerprint density at radius 1 is 1.13 bits per heavy atom. The van der Waals surface area contributed by atoms with E-state index in [-0.39, 0.29) is 37.4 Å². The zero-order chi connectivity index (χ0) is 32.8. The molecule has 0 aliphatic carbocycles. The summed E-state index contributed by atoms with van der Waals surface area (Å²) in [7, 11) is -3.47. The third kappa shape index (κ3) is 5.55. The number of ether oxygens (including phenoxy) is 1. The Labute approximate surface area is 274 Å². The summed E-state index contributed by atoms with van der Waals surface area (Å²) in [5.41, 5.74) is 1.32. The number of nitrogens with zero attached hydrogens (tertiary/aromatic N) is 3. The summed E-state index contributed by atoms with van der Waals surface area (Å²) in [5.74, 6) is -1.07. The molecule has 3 aliphatic rings. The minimum Gasteiger partial charge on any atom is -0.394 e. The summed E-state index contributed by atoms with van der Waals surface area (Å²) in [6.45, 7) is 5.71. The number of hydrogen-bond acceptors (Lipinski definition) is 5. The van der Waals surface area contributed by atoms with Crippen molar-refractivity contribution in [1.82, 2.24) is 4.90 Å². The van der Waals surface area contributed by atoms with Crippen molar-refractivity contribution < 1.29 is 28.3 Å². The molecule has 6 rings (SSSR count). The van der Waals surface area contributed by atoms with Crippen LogP contribution in [0.4, 0.5) is 21.2 Å². The number of amides is 3. The molecule has 5 atom stereocenters. The standard InChI is InChI=1S/C35H39ClFN3O5Si/c1-23-33(46(2,3)37)31(19-32(43)38-17-7-10-28(38)21-41)45-35(23)29-18-25(36)13-16-30(29)39(34(35)44)20-24-11-14-27(15-12-24)40(22-42)26-8-5-4-6-9-26/h4-6,8-9,11-16,18,22-23,28,31,33,41H,7,10,17,19-21H2,1-3H3/t23-,28-,31+,33-,35+/m0/s1. The highest BCUT2D eigenvalue weighted by molar-refractivity contribution is 6.72. The third-order valence-corrected chi connectivity index (χ3v) is 12.6. The summed E-state index contributed by atoms with van der Waals surface area (Å²) in [6.07, 6.45) is 1.41. The first-order valence-electron chi connectivity index (χ1n) is 15.8. The first-order valence-corrected chi connectivity index (χ1v) is 19.1. The van der Waals surface area contributed by atoms with Crippen LogP contribution in [0.2, 0.25) is 23.7 Å². The Morgan fingerprint density at radius 2 is 1.83 bits per heavy atom. The van der Waals surface area contributed by atoms with Crippen molar-refractivity contribution in [3.63, 3.8) is 0 Å². The van der Waals surface area contributed by atoms with E-state index in [1.54, 1.807) is 46.0 Å². The van der Waals surface area contributed by atoms with Crippen LogP contribution in [0.1, 0.15) is 37.3 Å². The number of likely N-dealkylation sites (tertiary alicyclic amines) is 1. The maximum absolute atomic E-state index is 16.2. The number of rotatable bonds is 9. The molecule has 0 aromatic heterocycles. The van der Waals surface area contributed by atoms with Crippen molar-refractivity contribution in [3.8, 4) is 0 Å². The van der Waals surface area contributed by atoms with E-state index in [0.717, 1.165) is 30.5 Å². The quantitative estimate of drug-likeness (QED) is 0.164. The summed E-state index contributed by atoms with van der Waals surface area (Å²) < 4.78 is 22.9. The number of anilines is 3. The number of aliphatic hydroxyl groups is 1. The highest BCUT2D eigenvalue weighted by Crippen LogP contribution is 2.60. The Bertz CT molecular complexity index is 1620. The van der Waals surface area contributed by atoms with Crippen molar-refractivity contribution in [2.75, 3.05) is 23.0 Å². The van der Waals surface area contributed by atoms with E-state index in [9.17, 15) is 19.5 Å². The summed E-state index contributed by atoms with van der Waals surface area (Å²) in [5, 5.41) is 10.2. The topological polar surface area (TPSA) is 90.4 Å². The van der Waals surface area contributed by atoms with Crippen LogP contribution >= 0.6 is 11.6 Å². The first-order chi connectivity index (χ1) is 22.0. The Balaban J connectivity index is 1.32. The van der Waals surface area contributed by atoms with Gasteiger partial charge in [0.2, 0.25) is 20.7 Å². The van der Waals surface area contributed by atoms with Crippen LogP contribution in [-0.4, -0.2) is 61.9 Å². The molecule has 0 unspecified atom stereocenters. The van der Waals surface area contributed by atoms with E-state index in [0.29, 0.717) is 28.5 Å². The molecule has 46 heavy (non-hydrogen) atoms. The molecule has 242 valence electrons. The largest absolute Gasteiger partial charge is 0.394 e. The number of hydrogen-bond donors (Lipinski definition) is 1. The van der Waals surface area contributed by atoms with E-state index in [1.807, 2.05) is 61.5 Å². The van der Waals surface area contributed by atoms with Gasteiger partial charge in [0.15, 0.2) is 5.60 Å². The van der Waals surface area contributed by atoms with Crippen molar-refractivity contribution in [2.45, 2.75) is 69.1 Å². The molecule has 3 aromatic rings. The highest BCUT2D eigenvalue weighted by atomic mass is 35.5. The molecular formula is C35H39ClFN3O5Si. The molecule has 1 N–H and O–H groups in total. The molecule has 3 amide bonds. The zero-order valence-corrected chi connectivity index (χ0v) is 28.0. The normalized spacial score (nSPS) is 25.7. The van der Waals surface area contributed by atoms with E-state index in [2.05, 4.69) is 0 Å². The SMILES string of the molecule is C[C@H]1[C@H]([Si](C)(C)F)[C@@H](CC(=O)N2CCC[C@H]2CO)O[C@]12C(=O)N(Cc1ccc(N(C=O)c3ccccc3)cc1)c1ccc(Cl)cc12. The molecular weight excluding hydrogens is 625 g/mol. The molecule has 0 radical (unpaired) electrons. The number of para-hydroxylation sites is 1. The lowest BCUT2D eigenvalue weighted by Gasteiger charge is -2.31. The Morgan fingerprint density at radius 3 is 2.48 bits per heavy atom. The van der Waals surface area contributed by atoms with Crippen LogP contribution in [0.5, 0.6) is 0 Å². The second kappa shape index (κ2) is 12.6.